The Hall–Kier alpha value is -2.90. The fourth-order valence-electron chi connectivity index (χ4n) is 3.28. The standard InChI is InChI=1S/C22H28N4O3/c1-25-11-13-26(14-12-25)20(16-23-21(27)17-7-4-3-5-8-17)24-22(28)18-9-6-10-19(15-18)29-2/h3-10,15,20H,11-14,16H2,1-2H3,(H,23,27)(H,24,28). The van der Waals surface area contributed by atoms with Crippen LogP contribution in [0.3, 0.4) is 0 Å². The van der Waals surface area contributed by atoms with E-state index in [0.29, 0.717) is 23.4 Å². The molecule has 2 aromatic carbocycles. The van der Waals surface area contributed by atoms with Crippen LogP contribution in [0, 0.1) is 0 Å². The number of ether oxygens (including phenoxy) is 1. The van der Waals surface area contributed by atoms with Crippen molar-refractivity contribution in [2.24, 2.45) is 0 Å². The van der Waals surface area contributed by atoms with Crippen molar-refractivity contribution in [3.8, 4) is 5.75 Å². The van der Waals surface area contributed by atoms with E-state index in [-0.39, 0.29) is 18.0 Å². The zero-order valence-electron chi connectivity index (χ0n) is 16.9. The minimum Gasteiger partial charge on any atom is -0.497 e. The van der Waals surface area contributed by atoms with Gasteiger partial charge in [0.1, 0.15) is 5.75 Å². The average molecular weight is 396 g/mol. The molecule has 0 aromatic heterocycles. The number of hydrogen-bond acceptors (Lipinski definition) is 5. The van der Waals surface area contributed by atoms with E-state index in [1.807, 2.05) is 18.2 Å². The minimum absolute atomic E-state index is 0.152. The molecule has 0 saturated carbocycles. The van der Waals surface area contributed by atoms with Crippen LogP contribution in [0.5, 0.6) is 5.75 Å². The number of rotatable bonds is 7. The molecule has 1 aliphatic rings. The van der Waals surface area contributed by atoms with Crippen LogP contribution >= 0.6 is 0 Å². The lowest BCUT2D eigenvalue weighted by Crippen LogP contribution is -2.59. The number of nitrogens with zero attached hydrogens (tertiary/aromatic N) is 2. The Labute approximate surface area is 171 Å². The van der Waals surface area contributed by atoms with Gasteiger partial charge >= 0.3 is 0 Å². The highest BCUT2D eigenvalue weighted by atomic mass is 16.5. The van der Waals surface area contributed by atoms with Crippen LogP contribution < -0.4 is 15.4 Å². The monoisotopic (exact) mass is 396 g/mol. The number of carbonyl (C=O) groups excluding carboxylic acids is 2. The van der Waals surface area contributed by atoms with Gasteiger partial charge in [0.25, 0.3) is 11.8 Å². The van der Waals surface area contributed by atoms with Gasteiger partial charge in [-0.3, -0.25) is 14.5 Å². The van der Waals surface area contributed by atoms with E-state index in [1.165, 1.54) is 0 Å². The molecular formula is C22H28N4O3. The molecule has 1 heterocycles. The van der Waals surface area contributed by atoms with Gasteiger partial charge in [-0.1, -0.05) is 24.3 Å². The van der Waals surface area contributed by atoms with Gasteiger partial charge in [-0.05, 0) is 37.4 Å². The zero-order chi connectivity index (χ0) is 20.6. The van der Waals surface area contributed by atoms with Gasteiger partial charge in [-0.15, -0.1) is 0 Å². The first kappa shape index (κ1) is 20.8. The molecule has 1 aliphatic heterocycles. The van der Waals surface area contributed by atoms with E-state index < -0.39 is 0 Å². The summed E-state index contributed by atoms with van der Waals surface area (Å²) in [6.07, 6.45) is -0.296. The highest BCUT2D eigenvalue weighted by molar-refractivity contribution is 5.95. The zero-order valence-corrected chi connectivity index (χ0v) is 16.9. The Morgan fingerprint density at radius 1 is 0.966 bits per heavy atom. The van der Waals surface area contributed by atoms with E-state index in [9.17, 15) is 9.59 Å². The van der Waals surface area contributed by atoms with Crippen molar-refractivity contribution in [3.63, 3.8) is 0 Å². The number of hydrogen-bond donors (Lipinski definition) is 2. The molecule has 0 aliphatic carbocycles. The Bertz CT molecular complexity index is 820. The molecule has 0 radical (unpaired) electrons. The van der Waals surface area contributed by atoms with Gasteiger partial charge in [-0.2, -0.15) is 0 Å². The van der Waals surface area contributed by atoms with Crippen molar-refractivity contribution in [1.82, 2.24) is 20.4 Å². The summed E-state index contributed by atoms with van der Waals surface area (Å²) in [6.45, 7) is 3.80. The van der Waals surface area contributed by atoms with Crippen molar-refractivity contribution in [2.45, 2.75) is 6.17 Å². The van der Waals surface area contributed by atoms with Crippen LogP contribution in [-0.2, 0) is 0 Å². The number of piperazine rings is 1. The lowest BCUT2D eigenvalue weighted by Gasteiger charge is -2.38. The van der Waals surface area contributed by atoms with Crippen LogP contribution in [0.4, 0.5) is 0 Å². The quantitative estimate of drug-likeness (QED) is 0.741. The molecule has 0 spiro atoms. The number of benzene rings is 2. The van der Waals surface area contributed by atoms with Crippen molar-refractivity contribution in [2.75, 3.05) is 46.9 Å². The fourth-order valence-corrected chi connectivity index (χ4v) is 3.28. The maximum absolute atomic E-state index is 12.8. The van der Waals surface area contributed by atoms with Crippen LogP contribution in [0.25, 0.3) is 0 Å². The van der Waals surface area contributed by atoms with Crippen molar-refractivity contribution >= 4 is 11.8 Å². The number of carbonyl (C=O) groups is 2. The van der Waals surface area contributed by atoms with Gasteiger partial charge in [0.05, 0.1) is 19.8 Å². The molecule has 7 heteroatoms. The van der Waals surface area contributed by atoms with Crippen LogP contribution in [0.15, 0.2) is 54.6 Å². The van der Waals surface area contributed by atoms with Crippen molar-refractivity contribution < 1.29 is 14.3 Å². The largest absolute Gasteiger partial charge is 0.497 e. The predicted octanol–water partition coefficient (Wildman–Crippen LogP) is 1.43. The fraction of sp³-hybridized carbons (Fsp3) is 0.364. The third kappa shape index (κ3) is 5.79. The van der Waals surface area contributed by atoms with Gasteiger partial charge in [0.15, 0.2) is 0 Å². The maximum Gasteiger partial charge on any atom is 0.252 e. The second-order valence-electron chi connectivity index (χ2n) is 7.14. The van der Waals surface area contributed by atoms with E-state index in [0.717, 1.165) is 26.2 Å². The molecule has 3 rings (SSSR count). The Kier molecular flexibility index (Phi) is 7.21. The molecule has 29 heavy (non-hydrogen) atoms. The molecule has 1 unspecified atom stereocenters. The Morgan fingerprint density at radius 3 is 2.34 bits per heavy atom. The summed E-state index contributed by atoms with van der Waals surface area (Å²) in [4.78, 5) is 29.7. The molecule has 2 aromatic rings. The highest BCUT2D eigenvalue weighted by Crippen LogP contribution is 2.13. The van der Waals surface area contributed by atoms with Crippen LogP contribution in [0.1, 0.15) is 20.7 Å². The summed E-state index contributed by atoms with van der Waals surface area (Å²) >= 11 is 0. The van der Waals surface area contributed by atoms with Gasteiger partial charge in [-0.25, -0.2) is 0 Å². The lowest BCUT2D eigenvalue weighted by atomic mass is 10.2. The summed E-state index contributed by atoms with van der Waals surface area (Å²) in [6, 6.07) is 16.1. The predicted molar refractivity (Wildman–Crippen MR) is 112 cm³/mol. The topological polar surface area (TPSA) is 73.9 Å². The van der Waals surface area contributed by atoms with E-state index in [1.54, 1.807) is 43.5 Å². The van der Waals surface area contributed by atoms with Gasteiger partial charge in [0, 0.05) is 37.3 Å². The third-order valence-electron chi connectivity index (χ3n) is 5.10. The SMILES string of the molecule is COc1cccc(C(=O)NC(CNC(=O)c2ccccc2)N2CCN(C)CC2)c1. The number of likely N-dealkylation sites (N-methyl/N-ethyl adjacent to an activating group) is 1. The molecule has 1 saturated heterocycles. The molecule has 1 atom stereocenters. The highest BCUT2D eigenvalue weighted by Gasteiger charge is 2.25. The van der Waals surface area contributed by atoms with Crippen molar-refractivity contribution in [1.29, 1.82) is 0 Å². The van der Waals surface area contributed by atoms with E-state index >= 15 is 0 Å². The number of nitrogens with one attached hydrogen (secondary N) is 2. The maximum atomic E-state index is 12.8. The smallest absolute Gasteiger partial charge is 0.252 e. The molecule has 154 valence electrons. The summed E-state index contributed by atoms with van der Waals surface area (Å²) in [5.74, 6) is 0.285. The first-order valence-corrected chi connectivity index (χ1v) is 9.77. The first-order valence-electron chi connectivity index (χ1n) is 9.77. The Morgan fingerprint density at radius 2 is 1.66 bits per heavy atom. The molecule has 2 N–H and O–H groups in total. The Balaban J connectivity index is 1.68. The molecule has 7 nitrogen and oxygen atoms in total. The molecule has 2 amide bonds. The van der Waals surface area contributed by atoms with Crippen LogP contribution in [-0.4, -0.2) is 74.7 Å². The summed E-state index contributed by atoms with van der Waals surface area (Å²) in [5, 5.41) is 6.03. The third-order valence-corrected chi connectivity index (χ3v) is 5.10. The van der Waals surface area contributed by atoms with E-state index in [4.69, 9.17) is 4.74 Å². The second kappa shape index (κ2) is 10.0. The summed E-state index contributed by atoms with van der Waals surface area (Å²) in [7, 11) is 3.65. The average Bonchev–Trinajstić information content (AvgIpc) is 2.77. The normalized spacial score (nSPS) is 16.1. The molecule has 1 fully saturated rings. The summed E-state index contributed by atoms with van der Waals surface area (Å²) in [5.41, 5.74) is 1.13. The van der Waals surface area contributed by atoms with Crippen LogP contribution in [0.2, 0.25) is 0 Å². The lowest BCUT2D eigenvalue weighted by molar-refractivity contribution is 0.0692. The minimum atomic E-state index is -0.296. The van der Waals surface area contributed by atoms with E-state index in [2.05, 4.69) is 27.5 Å². The second-order valence-corrected chi connectivity index (χ2v) is 7.14. The molecular weight excluding hydrogens is 368 g/mol. The van der Waals surface area contributed by atoms with Gasteiger partial charge in [0.2, 0.25) is 0 Å². The number of amides is 2. The first-order chi connectivity index (χ1) is 14.1. The molecule has 0 bridgehead atoms. The van der Waals surface area contributed by atoms with Gasteiger partial charge < -0.3 is 20.3 Å². The summed E-state index contributed by atoms with van der Waals surface area (Å²) < 4.78 is 5.21. The number of methoxy groups -OCH3 is 1. The van der Waals surface area contributed by atoms with Crippen molar-refractivity contribution in [3.05, 3.63) is 65.7 Å².